The Hall–Kier alpha value is -3.12. The number of halogens is 1. The third-order valence-corrected chi connectivity index (χ3v) is 5.56. The van der Waals surface area contributed by atoms with E-state index in [1.165, 1.54) is 0 Å². The minimum Gasteiger partial charge on any atom is -0.497 e. The van der Waals surface area contributed by atoms with Gasteiger partial charge in [-0.25, -0.2) is 4.98 Å². The average Bonchev–Trinajstić information content (AvgIpc) is 2.79. The Bertz CT molecular complexity index is 1080. The first-order valence-corrected chi connectivity index (χ1v) is 10.2. The number of piperazine rings is 1. The molecule has 0 aliphatic carbocycles. The van der Waals surface area contributed by atoms with Gasteiger partial charge in [0.1, 0.15) is 11.4 Å². The van der Waals surface area contributed by atoms with E-state index < -0.39 is 0 Å². The molecule has 6 nitrogen and oxygen atoms in total. The number of benzene rings is 2. The third-order valence-electron chi connectivity index (χ3n) is 5.30. The van der Waals surface area contributed by atoms with Crippen molar-refractivity contribution in [2.75, 3.05) is 33.3 Å². The SMILES string of the molecule is COc1ccc2nc(C(=O)N3CCN(C(=O)Cc4ccc(Cl)cc4)CC3)ccc2c1. The third kappa shape index (κ3) is 4.39. The number of amides is 2. The lowest BCUT2D eigenvalue weighted by atomic mass is 10.1. The molecule has 0 spiro atoms. The van der Waals surface area contributed by atoms with Crippen LogP contribution in [0.2, 0.25) is 5.02 Å². The topological polar surface area (TPSA) is 62.7 Å². The fraction of sp³-hybridized carbons (Fsp3) is 0.261. The molecule has 0 radical (unpaired) electrons. The Kier molecular flexibility index (Phi) is 5.86. The van der Waals surface area contributed by atoms with Gasteiger partial charge in [-0.1, -0.05) is 29.8 Å². The van der Waals surface area contributed by atoms with Crippen molar-refractivity contribution in [3.63, 3.8) is 0 Å². The minimum atomic E-state index is -0.113. The van der Waals surface area contributed by atoms with Crippen molar-refractivity contribution in [2.24, 2.45) is 0 Å². The predicted molar refractivity (Wildman–Crippen MR) is 116 cm³/mol. The molecule has 0 saturated carbocycles. The van der Waals surface area contributed by atoms with Gasteiger partial charge in [0.15, 0.2) is 0 Å². The van der Waals surface area contributed by atoms with Crippen LogP contribution in [0.4, 0.5) is 0 Å². The number of nitrogens with zero attached hydrogens (tertiary/aromatic N) is 3. The maximum Gasteiger partial charge on any atom is 0.272 e. The normalized spacial score (nSPS) is 14.1. The smallest absolute Gasteiger partial charge is 0.272 e. The number of carbonyl (C=O) groups excluding carboxylic acids is 2. The Morgan fingerprint density at radius 2 is 1.67 bits per heavy atom. The highest BCUT2D eigenvalue weighted by atomic mass is 35.5. The zero-order valence-electron chi connectivity index (χ0n) is 16.7. The maximum absolute atomic E-state index is 12.9. The first-order valence-electron chi connectivity index (χ1n) is 9.80. The highest BCUT2D eigenvalue weighted by Crippen LogP contribution is 2.20. The van der Waals surface area contributed by atoms with Gasteiger partial charge in [-0.2, -0.15) is 0 Å². The zero-order valence-corrected chi connectivity index (χ0v) is 17.4. The number of methoxy groups -OCH3 is 1. The minimum absolute atomic E-state index is 0.0576. The van der Waals surface area contributed by atoms with Crippen LogP contribution in [-0.4, -0.2) is 59.9 Å². The van der Waals surface area contributed by atoms with Gasteiger partial charge in [-0.3, -0.25) is 9.59 Å². The van der Waals surface area contributed by atoms with Crippen LogP contribution < -0.4 is 4.74 Å². The van der Waals surface area contributed by atoms with Crippen LogP contribution in [-0.2, 0) is 11.2 Å². The summed E-state index contributed by atoms with van der Waals surface area (Å²) in [5.74, 6) is 0.697. The van der Waals surface area contributed by atoms with Crippen molar-refractivity contribution in [1.29, 1.82) is 0 Å². The molecule has 1 aromatic heterocycles. The maximum atomic E-state index is 12.9. The molecule has 2 aromatic carbocycles. The summed E-state index contributed by atoms with van der Waals surface area (Å²) in [6.07, 6.45) is 0.334. The van der Waals surface area contributed by atoms with E-state index in [-0.39, 0.29) is 11.8 Å². The lowest BCUT2D eigenvalue weighted by Gasteiger charge is -2.34. The number of aromatic nitrogens is 1. The van der Waals surface area contributed by atoms with Gasteiger partial charge < -0.3 is 14.5 Å². The molecule has 154 valence electrons. The largest absolute Gasteiger partial charge is 0.497 e. The molecular formula is C23H22ClN3O3. The summed E-state index contributed by atoms with van der Waals surface area (Å²) in [7, 11) is 1.62. The molecule has 3 aromatic rings. The van der Waals surface area contributed by atoms with Crippen LogP contribution in [0.1, 0.15) is 16.1 Å². The quantitative estimate of drug-likeness (QED) is 0.645. The van der Waals surface area contributed by atoms with Crippen LogP contribution in [0, 0.1) is 0 Å². The molecule has 1 aliphatic rings. The van der Waals surface area contributed by atoms with Crippen LogP contribution in [0.25, 0.3) is 10.9 Å². The second-order valence-electron chi connectivity index (χ2n) is 7.23. The van der Waals surface area contributed by atoms with E-state index in [1.807, 2.05) is 36.4 Å². The standard InChI is InChI=1S/C23H22ClN3O3/c1-30-19-7-9-20-17(15-19)4-8-21(25-20)23(29)27-12-10-26(11-13-27)22(28)14-16-2-5-18(24)6-3-16/h2-9,15H,10-14H2,1H3. The van der Waals surface area contributed by atoms with E-state index >= 15 is 0 Å². The van der Waals surface area contributed by atoms with Crippen LogP contribution >= 0.6 is 11.6 Å². The highest BCUT2D eigenvalue weighted by molar-refractivity contribution is 6.30. The molecule has 0 atom stereocenters. The first kappa shape index (κ1) is 20.2. The first-order chi connectivity index (χ1) is 14.5. The fourth-order valence-corrected chi connectivity index (χ4v) is 3.69. The second kappa shape index (κ2) is 8.71. The molecule has 1 aliphatic heterocycles. The van der Waals surface area contributed by atoms with Gasteiger partial charge in [0.05, 0.1) is 19.0 Å². The molecule has 2 heterocycles. The Balaban J connectivity index is 1.37. The predicted octanol–water partition coefficient (Wildman–Crippen LogP) is 3.42. The summed E-state index contributed by atoms with van der Waals surface area (Å²) in [4.78, 5) is 33.5. The molecular weight excluding hydrogens is 402 g/mol. The van der Waals surface area contributed by atoms with Crippen LogP contribution in [0.5, 0.6) is 5.75 Å². The van der Waals surface area contributed by atoms with Gasteiger partial charge in [0.25, 0.3) is 5.91 Å². The van der Waals surface area contributed by atoms with Crippen molar-refractivity contribution in [2.45, 2.75) is 6.42 Å². The van der Waals surface area contributed by atoms with E-state index in [2.05, 4.69) is 4.98 Å². The van der Waals surface area contributed by atoms with Gasteiger partial charge in [0, 0.05) is 36.6 Å². The van der Waals surface area contributed by atoms with Crippen molar-refractivity contribution < 1.29 is 14.3 Å². The van der Waals surface area contributed by atoms with Gasteiger partial charge >= 0.3 is 0 Å². The van der Waals surface area contributed by atoms with Crippen LogP contribution in [0.15, 0.2) is 54.6 Å². The number of carbonyl (C=O) groups is 2. The summed E-state index contributed by atoms with van der Waals surface area (Å²) in [5, 5.41) is 1.57. The molecule has 1 fully saturated rings. The average molecular weight is 424 g/mol. The summed E-state index contributed by atoms with van der Waals surface area (Å²) in [5.41, 5.74) is 2.09. The van der Waals surface area contributed by atoms with Crippen molar-refractivity contribution >= 4 is 34.3 Å². The lowest BCUT2D eigenvalue weighted by molar-refractivity contribution is -0.131. The van der Waals surface area contributed by atoms with E-state index in [0.29, 0.717) is 43.3 Å². The molecule has 0 bridgehead atoms. The molecule has 4 rings (SSSR count). The zero-order chi connectivity index (χ0) is 21.1. The highest BCUT2D eigenvalue weighted by Gasteiger charge is 2.25. The number of pyridine rings is 1. The Labute approximate surface area is 180 Å². The number of hydrogen-bond acceptors (Lipinski definition) is 4. The molecule has 1 saturated heterocycles. The van der Waals surface area contributed by atoms with E-state index in [9.17, 15) is 9.59 Å². The monoisotopic (exact) mass is 423 g/mol. The molecule has 0 unspecified atom stereocenters. The molecule has 0 N–H and O–H groups in total. The van der Waals surface area contributed by atoms with E-state index in [1.54, 1.807) is 35.1 Å². The number of fused-ring (bicyclic) bond motifs is 1. The van der Waals surface area contributed by atoms with Crippen molar-refractivity contribution in [3.05, 3.63) is 70.9 Å². The molecule has 2 amide bonds. The fourth-order valence-electron chi connectivity index (χ4n) is 3.56. The lowest BCUT2D eigenvalue weighted by Crippen LogP contribution is -2.51. The van der Waals surface area contributed by atoms with E-state index in [4.69, 9.17) is 16.3 Å². The Morgan fingerprint density at radius 1 is 0.967 bits per heavy atom. The van der Waals surface area contributed by atoms with E-state index in [0.717, 1.165) is 22.2 Å². The number of ether oxygens (including phenoxy) is 1. The van der Waals surface area contributed by atoms with Gasteiger partial charge in [0.2, 0.25) is 5.91 Å². The van der Waals surface area contributed by atoms with Gasteiger partial charge in [-0.05, 0) is 42.0 Å². The van der Waals surface area contributed by atoms with Crippen LogP contribution in [0.3, 0.4) is 0 Å². The number of rotatable bonds is 4. The number of hydrogen-bond donors (Lipinski definition) is 0. The van der Waals surface area contributed by atoms with Crippen molar-refractivity contribution in [3.8, 4) is 5.75 Å². The summed E-state index contributed by atoms with van der Waals surface area (Å²) < 4.78 is 5.23. The molecule has 7 heteroatoms. The molecule has 30 heavy (non-hydrogen) atoms. The second-order valence-corrected chi connectivity index (χ2v) is 7.67. The van der Waals surface area contributed by atoms with Gasteiger partial charge in [-0.15, -0.1) is 0 Å². The summed E-state index contributed by atoms with van der Waals surface area (Å²) >= 11 is 5.90. The Morgan fingerprint density at radius 3 is 2.37 bits per heavy atom. The summed E-state index contributed by atoms with van der Waals surface area (Å²) in [6.45, 7) is 2.02. The van der Waals surface area contributed by atoms with Crippen molar-refractivity contribution in [1.82, 2.24) is 14.8 Å². The summed E-state index contributed by atoms with van der Waals surface area (Å²) in [6, 6.07) is 16.5.